The normalized spacial score (nSPS) is 16.6. The molecule has 1 saturated carbocycles. The van der Waals surface area contributed by atoms with Crippen LogP contribution >= 0.6 is 15.9 Å². The van der Waals surface area contributed by atoms with Crippen molar-refractivity contribution in [3.05, 3.63) is 33.8 Å². The highest BCUT2D eigenvalue weighted by Gasteiger charge is 2.51. The maximum Gasteiger partial charge on any atom is 0.416 e. The lowest BCUT2D eigenvalue weighted by Crippen LogP contribution is -2.43. The molecule has 1 aromatic carbocycles. The molecule has 8 heteroatoms. The number of halogens is 4. The summed E-state index contributed by atoms with van der Waals surface area (Å²) in [7, 11) is 0. The number of hydrogen-bond donors (Lipinski definition) is 2. The number of benzene rings is 1. The van der Waals surface area contributed by atoms with Gasteiger partial charge in [0, 0.05) is 4.47 Å². The van der Waals surface area contributed by atoms with Gasteiger partial charge in [0.1, 0.15) is 5.54 Å². The van der Waals surface area contributed by atoms with Crippen molar-refractivity contribution >= 4 is 27.8 Å². The number of nitrogens with one attached hydrogen (secondary N) is 1. The number of carboxylic acids is 1. The summed E-state index contributed by atoms with van der Waals surface area (Å²) >= 11 is 2.99. The van der Waals surface area contributed by atoms with Gasteiger partial charge in [-0.25, -0.2) is 4.79 Å². The summed E-state index contributed by atoms with van der Waals surface area (Å²) in [5, 5.41) is 11.2. The lowest BCUT2D eigenvalue weighted by atomic mass is 10.1. The molecule has 1 aliphatic carbocycles. The van der Waals surface area contributed by atoms with E-state index in [0.717, 1.165) is 12.1 Å². The van der Waals surface area contributed by atoms with Crippen molar-refractivity contribution in [1.82, 2.24) is 5.32 Å². The molecule has 2 rings (SSSR count). The second kappa shape index (κ2) is 4.76. The third-order valence-corrected chi connectivity index (χ3v) is 3.74. The van der Waals surface area contributed by atoms with Gasteiger partial charge in [0.15, 0.2) is 0 Å². The van der Waals surface area contributed by atoms with Crippen LogP contribution in [0.2, 0.25) is 0 Å². The molecule has 1 fully saturated rings. The Kier molecular flexibility index (Phi) is 3.53. The first-order chi connectivity index (χ1) is 9.16. The minimum absolute atomic E-state index is 0.171. The molecule has 0 aliphatic heterocycles. The van der Waals surface area contributed by atoms with E-state index < -0.39 is 29.2 Å². The van der Waals surface area contributed by atoms with Crippen LogP contribution < -0.4 is 5.32 Å². The van der Waals surface area contributed by atoms with Gasteiger partial charge in [-0.2, -0.15) is 13.2 Å². The molecule has 108 valence electrons. The van der Waals surface area contributed by atoms with Crippen LogP contribution in [0.25, 0.3) is 0 Å². The average Bonchev–Trinajstić information content (AvgIpc) is 3.08. The molecule has 0 bridgehead atoms. The lowest BCUT2D eigenvalue weighted by Gasteiger charge is -2.14. The molecule has 0 saturated heterocycles. The fourth-order valence-corrected chi connectivity index (χ4v) is 2.10. The average molecular weight is 352 g/mol. The van der Waals surface area contributed by atoms with Gasteiger partial charge in [0.2, 0.25) is 0 Å². The van der Waals surface area contributed by atoms with Crippen molar-refractivity contribution in [3.8, 4) is 0 Å². The maximum absolute atomic E-state index is 12.6. The summed E-state index contributed by atoms with van der Waals surface area (Å²) in [4.78, 5) is 22.9. The Bertz CT molecular complexity index is 582. The van der Waals surface area contributed by atoms with Crippen LogP contribution in [0.15, 0.2) is 22.7 Å². The Balaban J connectivity index is 2.28. The van der Waals surface area contributed by atoms with Crippen molar-refractivity contribution in [2.75, 3.05) is 0 Å². The monoisotopic (exact) mass is 351 g/mol. The van der Waals surface area contributed by atoms with Gasteiger partial charge in [0.05, 0.1) is 11.1 Å². The second-order valence-electron chi connectivity index (χ2n) is 4.53. The van der Waals surface area contributed by atoms with E-state index in [1.54, 1.807) is 0 Å². The standard InChI is InChI=1S/C12H9BrF3NO3/c13-8-2-1-6(12(14,15)16)5-7(8)9(18)17-11(3-4-11)10(19)20/h1-2,5H,3-4H2,(H,17,18)(H,19,20). The first-order valence-electron chi connectivity index (χ1n) is 5.58. The third-order valence-electron chi connectivity index (χ3n) is 3.05. The van der Waals surface area contributed by atoms with E-state index in [1.807, 2.05) is 0 Å². The number of carbonyl (C=O) groups excluding carboxylic acids is 1. The first-order valence-corrected chi connectivity index (χ1v) is 6.38. The third kappa shape index (κ3) is 2.79. The second-order valence-corrected chi connectivity index (χ2v) is 5.39. The SMILES string of the molecule is O=C(NC1(C(=O)O)CC1)c1cc(C(F)(F)F)ccc1Br. The van der Waals surface area contributed by atoms with Crippen molar-refractivity contribution in [3.63, 3.8) is 0 Å². The molecule has 0 radical (unpaired) electrons. The molecule has 1 amide bonds. The minimum Gasteiger partial charge on any atom is -0.480 e. The Hall–Kier alpha value is -1.57. The van der Waals surface area contributed by atoms with E-state index in [2.05, 4.69) is 21.2 Å². The van der Waals surface area contributed by atoms with Crippen molar-refractivity contribution in [2.45, 2.75) is 24.6 Å². The Morgan fingerprint density at radius 2 is 1.90 bits per heavy atom. The van der Waals surface area contributed by atoms with Gasteiger partial charge in [0.25, 0.3) is 5.91 Å². The number of aliphatic carboxylic acids is 1. The highest BCUT2D eigenvalue weighted by atomic mass is 79.9. The van der Waals surface area contributed by atoms with Crippen LogP contribution in [0.5, 0.6) is 0 Å². The minimum atomic E-state index is -4.57. The number of carboxylic acid groups (broad SMARTS) is 1. The molecule has 0 heterocycles. The fraction of sp³-hybridized carbons (Fsp3) is 0.333. The molecular weight excluding hydrogens is 343 g/mol. The van der Waals surface area contributed by atoms with Crippen molar-refractivity contribution < 1.29 is 27.9 Å². The van der Waals surface area contributed by atoms with Gasteiger partial charge in [-0.15, -0.1) is 0 Å². The van der Waals surface area contributed by atoms with Crippen LogP contribution in [-0.4, -0.2) is 22.5 Å². The molecule has 20 heavy (non-hydrogen) atoms. The van der Waals surface area contributed by atoms with E-state index >= 15 is 0 Å². The predicted octanol–water partition coefficient (Wildman–Crippen LogP) is 2.81. The lowest BCUT2D eigenvalue weighted by molar-refractivity contribution is -0.140. The van der Waals surface area contributed by atoms with Crippen molar-refractivity contribution in [2.24, 2.45) is 0 Å². The quantitative estimate of drug-likeness (QED) is 0.879. The predicted molar refractivity (Wildman–Crippen MR) is 66.2 cm³/mol. The van der Waals surface area contributed by atoms with Gasteiger partial charge in [-0.05, 0) is 47.0 Å². The summed E-state index contributed by atoms with van der Waals surface area (Å²) in [6.45, 7) is 0. The van der Waals surface area contributed by atoms with Gasteiger partial charge in [-0.3, -0.25) is 4.79 Å². The number of rotatable bonds is 3. The van der Waals surface area contributed by atoms with E-state index in [1.165, 1.54) is 0 Å². The highest BCUT2D eigenvalue weighted by molar-refractivity contribution is 9.10. The molecule has 0 spiro atoms. The molecule has 1 aliphatic rings. The molecule has 0 unspecified atom stereocenters. The molecule has 1 aromatic rings. The highest BCUT2D eigenvalue weighted by Crippen LogP contribution is 2.37. The number of alkyl halides is 3. The number of carbonyl (C=O) groups is 2. The summed E-state index contributed by atoms with van der Waals surface area (Å²) in [6.07, 6.45) is -4.03. The largest absolute Gasteiger partial charge is 0.480 e. The number of amides is 1. The van der Waals surface area contributed by atoms with Crippen LogP contribution in [-0.2, 0) is 11.0 Å². The maximum atomic E-state index is 12.6. The van der Waals surface area contributed by atoms with Crippen LogP contribution in [0.1, 0.15) is 28.8 Å². The van der Waals surface area contributed by atoms with Crippen LogP contribution in [0, 0.1) is 0 Å². The summed E-state index contributed by atoms with van der Waals surface area (Å²) in [5.41, 5.74) is -2.55. The van der Waals surface area contributed by atoms with Crippen molar-refractivity contribution in [1.29, 1.82) is 0 Å². The first kappa shape index (κ1) is 14.8. The van der Waals surface area contributed by atoms with Gasteiger partial charge in [-0.1, -0.05) is 0 Å². The summed E-state index contributed by atoms with van der Waals surface area (Å²) in [5.74, 6) is -2.03. The summed E-state index contributed by atoms with van der Waals surface area (Å²) < 4.78 is 38.0. The van der Waals surface area contributed by atoms with E-state index in [4.69, 9.17) is 5.11 Å². The smallest absolute Gasteiger partial charge is 0.416 e. The zero-order valence-electron chi connectivity index (χ0n) is 9.92. The Morgan fingerprint density at radius 1 is 1.30 bits per heavy atom. The zero-order valence-corrected chi connectivity index (χ0v) is 11.5. The topological polar surface area (TPSA) is 66.4 Å². The molecule has 2 N–H and O–H groups in total. The van der Waals surface area contributed by atoms with Gasteiger partial charge < -0.3 is 10.4 Å². The van der Waals surface area contributed by atoms with Crippen LogP contribution in [0.3, 0.4) is 0 Å². The van der Waals surface area contributed by atoms with E-state index in [0.29, 0.717) is 6.07 Å². The molecule has 0 aromatic heterocycles. The molecule has 4 nitrogen and oxygen atoms in total. The van der Waals surface area contributed by atoms with Crippen LogP contribution in [0.4, 0.5) is 13.2 Å². The zero-order chi connectivity index (χ0) is 15.1. The number of hydrogen-bond acceptors (Lipinski definition) is 2. The van der Waals surface area contributed by atoms with E-state index in [-0.39, 0.29) is 22.9 Å². The van der Waals surface area contributed by atoms with E-state index in [9.17, 15) is 22.8 Å². The summed E-state index contributed by atoms with van der Waals surface area (Å²) in [6, 6.07) is 2.64. The fourth-order valence-electron chi connectivity index (χ4n) is 1.68. The van der Waals surface area contributed by atoms with Gasteiger partial charge >= 0.3 is 12.1 Å². The Labute approximate surface area is 120 Å². The Morgan fingerprint density at radius 3 is 2.35 bits per heavy atom. The molecule has 0 atom stereocenters. The molecular formula is C12H9BrF3NO3.